The number of ether oxygens (including phenoxy) is 1. The Kier molecular flexibility index (Phi) is 6.03. The van der Waals surface area contributed by atoms with Crippen LogP contribution in [-0.4, -0.2) is 19.1 Å². The van der Waals surface area contributed by atoms with E-state index >= 15 is 0 Å². The van der Waals surface area contributed by atoms with Crippen LogP contribution < -0.4 is 9.30 Å². The van der Waals surface area contributed by atoms with Crippen LogP contribution in [0.15, 0.2) is 182 Å². The Morgan fingerprint density at radius 3 is 1.96 bits per heavy atom. The molecule has 10 rings (SSSR count). The summed E-state index contributed by atoms with van der Waals surface area (Å²) >= 11 is 0. The van der Waals surface area contributed by atoms with Crippen molar-refractivity contribution in [3.8, 4) is 51.1 Å². The average molecular weight is 748 g/mol. The van der Waals surface area contributed by atoms with Crippen molar-refractivity contribution < 1.29 is 23.0 Å². The van der Waals surface area contributed by atoms with E-state index in [1.54, 1.807) is 57.8 Å². The van der Waals surface area contributed by atoms with Crippen molar-refractivity contribution in [3.05, 3.63) is 194 Å². The van der Waals surface area contributed by atoms with Crippen molar-refractivity contribution in [3.63, 3.8) is 0 Å². The van der Waals surface area contributed by atoms with Gasteiger partial charge >= 0.3 is 0 Å². The molecule has 0 saturated heterocycles. The van der Waals surface area contributed by atoms with Gasteiger partial charge in [0.25, 0.3) is 6.33 Å². The zero-order valence-corrected chi connectivity index (χ0v) is 31.2. The Bertz CT molecular complexity index is 3540. The Morgan fingerprint density at radius 1 is 0.596 bits per heavy atom. The van der Waals surface area contributed by atoms with Gasteiger partial charge in [-0.25, -0.2) is 4.98 Å². The molecular formula is C51H39N5O. The zero-order chi connectivity index (χ0) is 47.2. The minimum absolute atomic E-state index is 0.0914. The lowest BCUT2D eigenvalue weighted by Gasteiger charge is -2.20. The summed E-state index contributed by atoms with van der Waals surface area (Å²) in [6.45, 7) is 6.52. The van der Waals surface area contributed by atoms with E-state index in [4.69, 9.17) is 28.4 Å². The van der Waals surface area contributed by atoms with Gasteiger partial charge in [-0.05, 0) is 69.6 Å². The van der Waals surface area contributed by atoms with Gasteiger partial charge in [0.05, 0.1) is 41.5 Å². The van der Waals surface area contributed by atoms with E-state index in [0.717, 1.165) is 33.2 Å². The molecule has 0 bridgehead atoms. The first-order valence-corrected chi connectivity index (χ1v) is 18.4. The highest BCUT2D eigenvalue weighted by atomic mass is 16.5. The molecule has 10 aromatic rings. The fourth-order valence-corrected chi connectivity index (χ4v) is 7.34. The fourth-order valence-electron chi connectivity index (χ4n) is 7.34. The maximum absolute atomic E-state index is 8.98. The van der Waals surface area contributed by atoms with Gasteiger partial charge in [0, 0.05) is 35.3 Å². The molecule has 4 heterocycles. The third-order valence-corrected chi connectivity index (χ3v) is 10.0. The number of rotatable bonds is 7. The number of hydrogen-bond donors (Lipinski definition) is 0. The maximum Gasteiger partial charge on any atom is 0.271 e. The molecule has 0 amide bonds. The van der Waals surface area contributed by atoms with Gasteiger partial charge in [-0.15, -0.1) is 0 Å². The van der Waals surface area contributed by atoms with E-state index in [0.29, 0.717) is 28.4 Å². The Balaban J connectivity index is 1.15. The first-order valence-electron chi connectivity index (χ1n) is 23.4. The third kappa shape index (κ3) is 6.12. The average Bonchev–Trinajstić information content (AvgIpc) is 3.87. The summed E-state index contributed by atoms with van der Waals surface area (Å²) in [4.78, 5) is 9.53. The Morgan fingerprint density at radius 2 is 1.23 bits per heavy atom. The molecule has 0 aliphatic carbocycles. The monoisotopic (exact) mass is 747 g/mol. The predicted octanol–water partition coefficient (Wildman–Crippen LogP) is 12.0. The second kappa shape index (κ2) is 13.8. The fraction of sp³-hybridized carbons (Fsp3) is 0.0784. The summed E-state index contributed by atoms with van der Waals surface area (Å²) in [6, 6.07) is 28.5. The number of imidazole rings is 1. The summed E-state index contributed by atoms with van der Waals surface area (Å²) in [5.74, 6) is 2.19. The van der Waals surface area contributed by atoms with Gasteiger partial charge < -0.3 is 4.74 Å². The molecule has 57 heavy (non-hydrogen) atoms. The van der Waals surface area contributed by atoms with E-state index in [-0.39, 0.29) is 33.4 Å². The summed E-state index contributed by atoms with van der Waals surface area (Å²) in [6.07, 6.45) is 6.82. The van der Waals surface area contributed by atoms with Crippen molar-refractivity contribution >= 4 is 32.8 Å². The highest BCUT2D eigenvalue weighted by Gasteiger charge is 2.21. The van der Waals surface area contributed by atoms with Crippen molar-refractivity contribution in [1.29, 1.82) is 0 Å². The molecule has 0 aliphatic heterocycles. The SMILES string of the molecule is [2H]c1c([2H])c([2H])c(-c2cccc(-c3c([2H])c([2H])c([2H])c([2H])c3[2H])c2-[n+]2[c-]n(-c3cc(Oc4ccc5c6ccccc6n(-c6cc(C(C)(C)C)ccn6)c5c4)ccn3)c3ccccc32)c([2H])c1[2H]. The van der Waals surface area contributed by atoms with Gasteiger partial charge in [0.15, 0.2) is 5.82 Å². The molecule has 0 saturated carbocycles. The minimum atomic E-state index is -0.573. The number of para-hydroxylation sites is 4. The van der Waals surface area contributed by atoms with Crippen LogP contribution >= 0.6 is 0 Å². The molecule has 0 spiro atoms. The number of pyridine rings is 2. The lowest BCUT2D eigenvalue weighted by molar-refractivity contribution is -0.571. The first kappa shape index (κ1) is 25.0. The predicted molar refractivity (Wildman–Crippen MR) is 230 cm³/mol. The third-order valence-electron chi connectivity index (χ3n) is 10.0. The molecule has 0 N–H and O–H groups in total. The van der Waals surface area contributed by atoms with Crippen molar-refractivity contribution in [2.45, 2.75) is 26.2 Å². The molecule has 6 nitrogen and oxygen atoms in total. The number of hydrogen-bond acceptors (Lipinski definition) is 3. The van der Waals surface area contributed by atoms with Crippen molar-refractivity contribution in [2.24, 2.45) is 0 Å². The van der Waals surface area contributed by atoms with Gasteiger partial charge in [-0.3, -0.25) is 18.7 Å². The molecule has 274 valence electrons. The van der Waals surface area contributed by atoms with Crippen LogP contribution in [0, 0.1) is 6.33 Å². The number of fused-ring (bicyclic) bond motifs is 4. The van der Waals surface area contributed by atoms with Gasteiger partial charge in [-0.1, -0.05) is 142 Å². The minimum Gasteiger partial charge on any atom is -0.458 e. The summed E-state index contributed by atoms with van der Waals surface area (Å²) in [7, 11) is 0. The van der Waals surface area contributed by atoms with Gasteiger partial charge in [-0.2, -0.15) is 0 Å². The lowest BCUT2D eigenvalue weighted by atomic mass is 9.88. The molecule has 6 heteroatoms. The second-order valence-corrected chi connectivity index (χ2v) is 14.6. The summed E-state index contributed by atoms with van der Waals surface area (Å²) in [5.41, 5.74) is 4.24. The van der Waals surface area contributed by atoms with E-state index in [2.05, 4.69) is 49.9 Å². The Labute approximate surface area is 345 Å². The molecule has 0 fully saturated rings. The van der Waals surface area contributed by atoms with Crippen LogP contribution in [0.5, 0.6) is 11.5 Å². The normalized spacial score (nSPS) is 14.2. The van der Waals surface area contributed by atoms with E-state index in [1.165, 1.54) is 0 Å². The van der Waals surface area contributed by atoms with E-state index in [1.807, 2.05) is 54.7 Å². The Hall–Kier alpha value is -7.31. The van der Waals surface area contributed by atoms with Crippen LogP contribution in [0.1, 0.15) is 40.0 Å². The van der Waals surface area contributed by atoms with Crippen LogP contribution in [-0.2, 0) is 5.41 Å². The second-order valence-electron chi connectivity index (χ2n) is 14.6. The zero-order valence-electron chi connectivity index (χ0n) is 41.2. The summed E-state index contributed by atoms with van der Waals surface area (Å²) < 4.78 is 98.7. The van der Waals surface area contributed by atoms with Gasteiger partial charge in [0.2, 0.25) is 0 Å². The first-order chi connectivity index (χ1) is 32.0. The van der Waals surface area contributed by atoms with E-state index in [9.17, 15) is 0 Å². The lowest BCUT2D eigenvalue weighted by Crippen LogP contribution is -2.31. The van der Waals surface area contributed by atoms with Crippen LogP contribution in [0.4, 0.5) is 0 Å². The quantitative estimate of drug-likeness (QED) is 0.120. The van der Waals surface area contributed by atoms with Crippen LogP contribution in [0.3, 0.4) is 0 Å². The topological polar surface area (TPSA) is 48.8 Å². The number of benzene rings is 6. The van der Waals surface area contributed by atoms with Crippen molar-refractivity contribution in [1.82, 2.24) is 19.1 Å². The molecule has 0 radical (unpaired) electrons. The molecule has 4 aromatic heterocycles. The van der Waals surface area contributed by atoms with Crippen LogP contribution in [0.25, 0.3) is 72.4 Å². The molecule has 0 aliphatic rings. The standard InChI is InChI=1S/C51H39N5O/c1-51(2,3)37-27-29-53-49(31-37)56-44-22-11-10-19-42(44)43-26-25-38(32-47(43)56)57-39-28-30-52-48(33-39)54-34-55(46-24-13-12-23-45(46)54)50-40(35-15-6-4-7-16-35)20-14-21-41(50)36-17-8-5-9-18-36/h4-33H,1-3H3/i4D,5D,6D,7D,8D,9D,15D,16D,17D,18D. The van der Waals surface area contributed by atoms with Gasteiger partial charge in [0.1, 0.15) is 17.3 Å². The number of nitrogens with zero attached hydrogens (tertiary/aromatic N) is 5. The summed E-state index contributed by atoms with van der Waals surface area (Å²) in [5, 5.41) is 2.11. The highest BCUT2D eigenvalue weighted by Crippen LogP contribution is 2.37. The van der Waals surface area contributed by atoms with E-state index < -0.39 is 60.4 Å². The maximum atomic E-state index is 8.98. The number of aromatic nitrogens is 5. The molecule has 0 unspecified atom stereocenters. The highest BCUT2D eigenvalue weighted by molar-refractivity contribution is 6.09. The molecule has 0 atom stereocenters. The molecular weight excluding hydrogens is 699 g/mol. The molecule has 6 aromatic carbocycles. The van der Waals surface area contributed by atoms with Crippen molar-refractivity contribution in [2.75, 3.05) is 0 Å². The smallest absolute Gasteiger partial charge is 0.271 e. The van der Waals surface area contributed by atoms with Crippen LogP contribution in [0.2, 0.25) is 0 Å². The largest absolute Gasteiger partial charge is 0.458 e.